The number of aryl methyl sites for hydroxylation is 3. The molecule has 24 nitrogen and oxygen atoms in total. The number of piperidine rings is 2. The van der Waals surface area contributed by atoms with Gasteiger partial charge in [-0.15, -0.1) is 0 Å². The molecule has 578 valence electrons. The highest BCUT2D eigenvalue weighted by molar-refractivity contribution is 6.67. The molecule has 111 heavy (non-hydrogen) atoms. The van der Waals surface area contributed by atoms with Crippen molar-refractivity contribution in [3.8, 4) is 33.8 Å². The van der Waals surface area contributed by atoms with E-state index in [9.17, 15) is 27.6 Å². The van der Waals surface area contributed by atoms with Gasteiger partial charge >= 0.3 is 0 Å². The predicted octanol–water partition coefficient (Wildman–Crippen LogP) is 11.7. The van der Waals surface area contributed by atoms with Crippen LogP contribution in [0.25, 0.3) is 66.9 Å². The molecule has 4 aliphatic heterocycles. The van der Waals surface area contributed by atoms with Crippen molar-refractivity contribution in [1.82, 2.24) is 84.3 Å². The second-order valence-corrected chi connectivity index (χ2v) is 28.1. The number of morpholine rings is 2. The Bertz CT molecular complexity index is 5090. The van der Waals surface area contributed by atoms with Gasteiger partial charge in [0.1, 0.15) is 34.5 Å². The number of carbonyl (C=O) groups excluding carboxylic acids is 3. The van der Waals surface area contributed by atoms with Gasteiger partial charge in [0.15, 0.2) is 16.1 Å². The van der Waals surface area contributed by atoms with E-state index in [1.54, 1.807) is 116 Å². The molecule has 4 saturated heterocycles. The first kappa shape index (κ1) is 80.3. The number of amides is 2. The molecular formula is C81H87Cl3F3N19O5. The Balaban J connectivity index is 0.000000141. The van der Waals surface area contributed by atoms with Crippen LogP contribution in [0.15, 0.2) is 165 Å². The fourth-order valence-electron chi connectivity index (χ4n) is 13.5. The zero-order valence-corrected chi connectivity index (χ0v) is 64.2. The van der Waals surface area contributed by atoms with E-state index in [1.165, 1.54) is 68.0 Å². The summed E-state index contributed by atoms with van der Waals surface area (Å²) >= 11 is 17.8. The van der Waals surface area contributed by atoms with Crippen LogP contribution in [0.4, 0.5) is 19.0 Å². The second-order valence-electron chi connectivity index (χ2n) is 27.1. The lowest BCUT2D eigenvalue weighted by Gasteiger charge is -2.40. The zero-order valence-electron chi connectivity index (χ0n) is 61.9. The summed E-state index contributed by atoms with van der Waals surface area (Å²) in [5.41, 5.74) is 17.1. The van der Waals surface area contributed by atoms with Crippen LogP contribution in [0.1, 0.15) is 73.8 Å². The van der Waals surface area contributed by atoms with Gasteiger partial charge < -0.3 is 49.8 Å². The molecule has 4 aliphatic rings. The third-order valence-corrected chi connectivity index (χ3v) is 20.4. The Hall–Kier alpha value is -10.2. The molecule has 2 amide bonds. The van der Waals surface area contributed by atoms with Crippen molar-refractivity contribution in [3.05, 3.63) is 226 Å². The summed E-state index contributed by atoms with van der Waals surface area (Å²) in [5, 5.41) is 9.13. The van der Waals surface area contributed by atoms with Crippen molar-refractivity contribution in [2.75, 3.05) is 103 Å². The number of aromatic nitrogens is 12. The number of hydrogen-bond donors (Lipinski definition) is 4. The SMILES string of the molecule is C1CC(N2CCOCC2)CCN1.Cn1cncc1CCN.Cn1cncc1CCNC(=O)c1ccc2nc(Cl)c(-c3ccc(F)cc3)nc2c1.Cn1cncc1CCNC(=O)c1ccc2nc(N3CCC(N4CCOCC4)CC3)c(-c3ccc(F)cc3)nc2c1.O=C(Cl)c1ccc2nc(Cl)c(-c3ccc(F)cc3)nc2c1. The average molecular weight is 1570 g/mol. The van der Waals surface area contributed by atoms with E-state index in [4.69, 9.17) is 60.0 Å². The molecule has 6 aromatic heterocycles. The molecule has 16 rings (SSSR count). The van der Waals surface area contributed by atoms with Crippen LogP contribution in [0, 0.1) is 17.5 Å². The number of ether oxygens (including phenoxy) is 2. The van der Waals surface area contributed by atoms with E-state index >= 15 is 0 Å². The molecule has 4 fully saturated rings. The van der Waals surface area contributed by atoms with Gasteiger partial charge in [-0.3, -0.25) is 24.2 Å². The molecule has 10 heterocycles. The standard InChI is InChI=1S/C30H34FN7O2.C21H17ClFN5O.C15H7Cl2FN2O.C9H18N2O.C6H11N3/c1-36-20-32-19-25(36)8-11-33-30(39)22-4-7-26-27(18-22)34-28(21-2-5-23(31)6-3-21)29(35-26)38-12-9-24(10-13-38)37-14-16-40-17-15-37;1-28-12-24-11-16(28)8-9-25-21(29)14-4-7-17-18(10-14)26-19(20(22)27-17)13-2-5-15(23)6-3-13;16-14-13(8-1-4-10(18)5-2-8)19-12-7-9(15(17)21)3-6-11(12)20-14;1-3-10-4-2-9(1)11-5-7-12-8-6-11;1-9-5-8-4-6(9)2-3-7/h2-7,18-20,24H,8-17H2,1H3,(H,33,39);2-7,10-12H,8-9H2,1H3,(H,25,29);1-7H;9-10H,1-8H2;4-5H,2-3,7H2,1H3. The molecule has 0 atom stereocenters. The van der Waals surface area contributed by atoms with Crippen molar-refractivity contribution in [1.29, 1.82) is 0 Å². The maximum atomic E-state index is 13.8. The molecule has 30 heteroatoms. The lowest BCUT2D eigenvalue weighted by Crippen LogP contribution is -2.49. The average Bonchev–Trinajstić information content (AvgIpc) is 1.81. The maximum Gasteiger partial charge on any atom is 0.252 e. The Kier molecular flexibility index (Phi) is 28.3. The number of imidazole rings is 3. The van der Waals surface area contributed by atoms with E-state index in [1.807, 2.05) is 47.1 Å². The lowest BCUT2D eigenvalue weighted by atomic mass is 10.0. The summed E-state index contributed by atoms with van der Waals surface area (Å²) in [6.07, 6.45) is 17.7. The van der Waals surface area contributed by atoms with Crippen molar-refractivity contribution in [2.45, 2.75) is 57.0 Å². The highest BCUT2D eigenvalue weighted by Crippen LogP contribution is 2.34. The Labute approximate surface area is 656 Å². The predicted molar refractivity (Wildman–Crippen MR) is 425 cm³/mol. The summed E-state index contributed by atoms with van der Waals surface area (Å²) in [4.78, 5) is 83.7. The van der Waals surface area contributed by atoms with Crippen LogP contribution in [0.5, 0.6) is 0 Å². The molecule has 0 aliphatic carbocycles. The quantitative estimate of drug-likeness (QED) is 0.0617. The third kappa shape index (κ3) is 21.7. The normalized spacial score (nSPS) is 15.0. The number of anilines is 1. The first-order chi connectivity index (χ1) is 53.9. The first-order valence-corrected chi connectivity index (χ1v) is 38.0. The zero-order chi connectivity index (χ0) is 77.8. The van der Waals surface area contributed by atoms with Crippen molar-refractivity contribution < 1.29 is 37.0 Å². The van der Waals surface area contributed by atoms with Crippen LogP contribution in [0.3, 0.4) is 0 Å². The number of benzene rings is 6. The second kappa shape index (κ2) is 39.1. The van der Waals surface area contributed by atoms with Gasteiger partial charge in [0.25, 0.3) is 17.1 Å². The van der Waals surface area contributed by atoms with Crippen LogP contribution >= 0.6 is 34.8 Å². The van der Waals surface area contributed by atoms with E-state index in [0.29, 0.717) is 111 Å². The number of carbonyl (C=O) groups is 3. The van der Waals surface area contributed by atoms with Gasteiger partial charge in [-0.05, 0) is 184 Å². The van der Waals surface area contributed by atoms with E-state index < -0.39 is 5.24 Å². The fraction of sp³-hybridized carbons (Fsp3) is 0.333. The van der Waals surface area contributed by atoms with Crippen molar-refractivity contribution in [3.63, 3.8) is 0 Å². The molecule has 0 spiro atoms. The Morgan fingerprint density at radius 1 is 0.468 bits per heavy atom. The van der Waals surface area contributed by atoms with E-state index in [2.05, 4.69) is 65.5 Å². The molecule has 5 N–H and O–H groups in total. The molecular weight excluding hydrogens is 1480 g/mol. The molecule has 12 aromatic rings. The molecule has 0 bridgehead atoms. The van der Waals surface area contributed by atoms with Gasteiger partial charge in [0.2, 0.25) is 0 Å². The number of nitrogens with two attached hydrogens (primary N) is 1. The minimum atomic E-state index is -0.572. The highest BCUT2D eigenvalue weighted by Gasteiger charge is 2.29. The molecule has 0 radical (unpaired) electrons. The third-order valence-electron chi connectivity index (χ3n) is 19.7. The lowest BCUT2D eigenvalue weighted by molar-refractivity contribution is 0.0101. The topological polar surface area (TPSA) is 272 Å². The smallest absolute Gasteiger partial charge is 0.252 e. The molecule has 6 aromatic carbocycles. The Morgan fingerprint density at radius 2 is 0.838 bits per heavy atom. The summed E-state index contributed by atoms with van der Waals surface area (Å²) < 4.78 is 56.6. The number of nitrogens with zero attached hydrogens (tertiary/aromatic N) is 15. The van der Waals surface area contributed by atoms with Crippen LogP contribution < -0.4 is 26.6 Å². The van der Waals surface area contributed by atoms with Gasteiger partial charge in [0, 0.05) is 174 Å². The summed E-state index contributed by atoms with van der Waals surface area (Å²) in [5.74, 6) is -0.552. The minimum absolute atomic E-state index is 0.163. The number of nitrogens with one attached hydrogen (secondary N) is 3. The van der Waals surface area contributed by atoms with Gasteiger partial charge in [-0.2, -0.15) is 0 Å². The molecule has 0 saturated carbocycles. The van der Waals surface area contributed by atoms with E-state index in [-0.39, 0.29) is 39.6 Å². The van der Waals surface area contributed by atoms with Crippen molar-refractivity contribution >= 4 is 90.8 Å². The van der Waals surface area contributed by atoms with Gasteiger partial charge in [0.05, 0.1) is 78.5 Å². The Morgan fingerprint density at radius 3 is 1.23 bits per heavy atom. The minimum Gasteiger partial charge on any atom is -0.379 e. The molecule has 0 unspecified atom stereocenters. The van der Waals surface area contributed by atoms with Crippen molar-refractivity contribution in [2.24, 2.45) is 26.9 Å². The fourth-order valence-corrected chi connectivity index (χ4v) is 14.1. The number of hydrogen-bond acceptors (Lipinski definition) is 19. The van der Waals surface area contributed by atoms with Crippen LogP contribution in [0.2, 0.25) is 10.3 Å². The first-order valence-electron chi connectivity index (χ1n) is 36.9. The van der Waals surface area contributed by atoms with E-state index in [0.717, 1.165) is 119 Å². The summed E-state index contributed by atoms with van der Waals surface area (Å²) in [7, 11) is 5.82. The highest BCUT2D eigenvalue weighted by atomic mass is 35.5. The number of halogens is 6. The van der Waals surface area contributed by atoms with Crippen LogP contribution in [-0.4, -0.2) is 196 Å². The van der Waals surface area contributed by atoms with Gasteiger partial charge in [-0.1, -0.05) is 23.2 Å². The summed E-state index contributed by atoms with van der Waals surface area (Å²) in [6, 6.07) is 34.6. The van der Waals surface area contributed by atoms with Crippen LogP contribution in [-0.2, 0) is 49.9 Å². The maximum absolute atomic E-state index is 13.8. The van der Waals surface area contributed by atoms with Gasteiger partial charge in [-0.25, -0.2) is 58.0 Å². The summed E-state index contributed by atoms with van der Waals surface area (Å²) in [6.45, 7) is 13.5. The number of fused-ring (bicyclic) bond motifs is 3. The largest absolute Gasteiger partial charge is 0.379 e. The monoisotopic (exact) mass is 1570 g/mol. The number of rotatable bonds is 17.